The van der Waals surface area contributed by atoms with Crippen LogP contribution in [0.4, 0.5) is 4.39 Å². The van der Waals surface area contributed by atoms with E-state index in [0.29, 0.717) is 31.5 Å². The standard InChI is InChI=1S/C16H26FNO3/c1-3-16(20,4-2)12-18-9-14(19)11-21-10-13-7-5-6-8-15(13)17/h5-8,14,18-20H,3-4,9-12H2,1-2H3. The zero-order chi connectivity index (χ0) is 15.7. The zero-order valence-electron chi connectivity index (χ0n) is 12.8. The quantitative estimate of drug-likeness (QED) is 0.617. The summed E-state index contributed by atoms with van der Waals surface area (Å²) in [7, 11) is 0. The summed E-state index contributed by atoms with van der Waals surface area (Å²) in [5, 5.41) is 22.9. The predicted molar refractivity (Wildman–Crippen MR) is 80.5 cm³/mol. The highest BCUT2D eigenvalue weighted by molar-refractivity contribution is 5.16. The summed E-state index contributed by atoms with van der Waals surface area (Å²) in [6.45, 7) is 4.89. The molecule has 120 valence electrons. The van der Waals surface area contributed by atoms with E-state index in [2.05, 4.69) is 5.32 Å². The van der Waals surface area contributed by atoms with Crippen LogP contribution in [0.2, 0.25) is 0 Å². The minimum atomic E-state index is -0.728. The Morgan fingerprint density at radius 2 is 1.95 bits per heavy atom. The van der Waals surface area contributed by atoms with Gasteiger partial charge in [-0.05, 0) is 18.9 Å². The Kier molecular flexibility index (Phi) is 7.82. The van der Waals surface area contributed by atoms with Crippen molar-refractivity contribution in [2.75, 3.05) is 19.7 Å². The first-order valence-corrected chi connectivity index (χ1v) is 7.43. The number of hydrogen-bond acceptors (Lipinski definition) is 4. The van der Waals surface area contributed by atoms with Gasteiger partial charge in [0.1, 0.15) is 5.82 Å². The van der Waals surface area contributed by atoms with Crippen molar-refractivity contribution in [1.29, 1.82) is 0 Å². The van der Waals surface area contributed by atoms with E-state index in [9.17, 15) is 14.6 Å². The fourth-order valence-corrected chi connectivity index (χ4v) is 1.95. The fraction of sp³-hybridized carbons (Fsp3) is 0.625. The lowest BCUT2D eigenvalue weighted by Crippen LogP contribution is -2.42. The van der Waals surface area contributed by atoms with Gasteiger partial charge in [0.05, 0.1) is 24.9 Å². The third-order valence-corrected chi connectivity index (χ3v) is 3.68. The van der Waals surface area contributed by atoms with Crippen molar-refractivity contribution in [1.82, 2.24) is 5.32 Å². The van der Waals surface area contributed by atoms with E-state index >= 15 is 0 Å². The molecule has 0 radical (unpaired) electrons. The summed E-state index contributed by atoms with van der Waals surface area (Å²) in [5.41, 5.74) is -0.253. The molecule has 0 heterocycles. The Morgan fingerprint density at radius 3 is 2.57 bits per heavy atom. The summed E-state index contributed by atoms with van der Waals surface area (Å²) in [5.74, 6) is -0.305. The summed E-state index contributed by atoms with van der Waals surface area (Å²) >= 11 is 0. The van der Waals surface area contributed by atoms with Crippen LogP contribution in [0.3, 0.4) is 0 Å². The molecule has 0 aliphatic carbocycles. The SMILES string of the molecule is CCC(O)(CC)CNCC(O)COCc1ccccc1F. The molecule has 1 aromatic rings. The molecular formula is C16H26FNO3. The molecule has 21 heavy (non-hydrogen) atoms. The van der Waals surface area contributed by atoms with Crippen molar-refractivity contribution in [3.63, 3.8) is 0 Å². The number of benzene rings is 1. The molecule has 0 saturated carbocycles. The van der Waals surface area contributed by atoms with E-state index < -0.39 is 11.7 Å². The normalized spacial score (nSPS) is 13.4. The van der Waals surface area contributed by atoms with E-state index in [-0.39, 0.29) is 19.0 Å². The van der Waals surface area contributed by atoms with Crippen LogP contribution in [-0.2, 0) is 11.3 Å². The predicted octanol–water partition coefficient (Wildman–Crippen LogP) is 1.84. The van der Waals surface area contributed by atoms with Crippen LogP contribution in [0.1, 0.15) is 32.3 Å². The van der Waals surface area contributed by atoms with Crippen molar-refractivity contribution in [2.24, 2.45) is 0 Å². The molecule has 1 atom stereocenters. The first-order valence-electron chi connectivity index (χ1n) is 7.43. The largest absolute Gasteiger partial charge is 0.389 e. The van der Waals surface area contributed by atoms with Gasteiger partial charge < -0.3 is 20.3 Å². The Morgan fingerprint density at radius 1 is 1.29 bits per heavy atom. The first-order chi connectivity index (χ1) is 10.0. The van der Waals surface area contributed by atoms with E-state index in [1.807, 2.05) is 13.8 Å². The molecule has 0 bridgehead atoms. The molecule has 0 amide bonds. The number of aliphatic hydroxyl groups excluding tert-OH is 1. The van der Waals surface area contributed by atoms with Crippen molar-refractivity contribution < 1.29 is 19.3 Å². The van der Waals surface area contributed by atoms with E-state index in [0.717, 1.165) is 0 Å². The Labute approximate surface area is 125 Å². The van der Waals surface area contributed by atoms with Crippen LogP contribution in [0.15, 0.2) is 24.3 Å². The van der Waals surface area contributed by atoms with Gasteiger partial charge in [0, 0.05) is 18.7 Å². The molecule has 0 aromatic heterocycles. The van der Waals surface area contributed by atoms with Crippen LogP contribution >= 0.6 is 0 Å². The second-order valence-electron chi connectivity index (χ2n) is 5.32. The lowest BCUT2D eigenvalue weighted by atomic mass is 9.97. The van der Waals surface area contributed by atoms with Gasteiger partial charge in [0.2, 0.25) is 0 Å². The highest BCUT2D eigenvalue weighted by atomic mass is 19.1. The smallest absolute Gasteiger partial charge is 0.128 e. The summed E-state index contributed by atoms with van der Waals surface area (Å²) in [6, 6.07) is 6.41. The molecule has 4 nitrogen and oxygen atoms in total. The number of rotatable bonds is 10. The maximum Gasteiger partial charge on any atom is 0.128 e. The topological polar surface area (TPSA) is 61.7 Å². The third-order valence-electron chi connectivity index (χ3n) is 3.68. The van der Waals surface area contributed by atoms with E-state index in [1.165, 1.54) is 6.07 Å². The molecule has 0 spiro atoms. The Hall–Kier alpha value is -1.01. The van der Waals surface area contributed by atoms with E-state index in [1.54, 1.807) is 18.2 Å². The van der Waals surface area contributed by atoms with Gasteiger partial charge in [0.25, 0.3) is 0 Å². The van der Waals surface area contributed by atoms with Gasteiger partial charge in [0.15, 0.2) is 0 Å². The number of hydrogen-bond donors (Lipinski definition) is 3. The maximum absolute atomic E-state index is 13.3. The van der Waals surface area contributed by atoms with Crippen molar-refractivity contribution in [3.8, 4) is 0 Å². The zero-order valence-corrected chi connectivity index (χ0v) is 12.8. The fourth-order valence-electron chi connectivity index (χ4n) is 1.95. The van der Waals surface area contributed by atoms with Crippen LogP contribution in [0.5, 0.6) is 0 Å². The van der Waals surface area contributed by atoms with E-state index in [4.69, 9.17) is 4.74 Å². The molecule has 1 rings (SSSR count). The summed E-state index contributed by atoms with van der Waals surface area (Å²) in [4.78, 5) is 0. The highest BCUT2D eigenvalue weighted by Gasteiger charge is 2.21. The number of ether oxygens (including phenoxy) is 1. The average Bonchev–Trinajstić information content (AvgIpc) is 2.49. The first kappa shape index (κ1) is 18.0. The third kappa shape index (κ3) is 6.52. The maximum atomic E-state index is 13.3. The monoisotopic (exact) mass is 299 g/mol. The molecule has 0 aliphatic rings. The second-order valence-corrected chi connectivity index (χ2v) is 5.32. The second kappa shape index (κ2) is 9.10. The molecular weight excluding hydrogens is 273 g/mol. The molecule has 1 aromatic carbocycles. The van der Waals surface area contributed by atoms with Gasteiger partial charge in [-0.1, -0.05) is 32.0 Å². The number of halogens is 1. The highest BCUT2D eigenvalue weighted by Crippen LogP contribution is 2.12. The molecule has 0 aliphatic heterocycles. The van der Waals surface area contributed by atoms with Crippen LogP contribution in [-0.4, -0.2) is 41.6 Å². The Balaban J connectivity index is 2.20. The lowest BCUT2D eigenvalue weighted by Gasteiger charge is -2.26. The van der Waals surface area contributed by atoms with Crippen molar-refractivity contribution in [3.05, 3.63) is 35.6 Å². The van der Waals surface area contributed by atoms with Crippen LogP contribution < -0.4 is 5.32 Å². The van der Waals surface area contributed by atoms with Crippen LogP contribution in [0.25, 0.3) is 0 Å². The summed E-state index contributed by atoms with van der Waals surface area (Å²) < 4.78 is 18.6. The van der Waals surface area contributed by atoms with Crippen molar-refractivity contribution in [2.45, 2.75) is 45.0 Å². The molecule has 5 heteroatoms. The molecule has 3 N–H and O–H groups in total. The lowest BCUT2D eigenvalue weighted by molar-refractivity contribution is 0.0123. The molecule has 0 fully saturated rings. The molecule has 1 unspecified atom stereocenters. The average molecular weight is 299 g/mol. The van der Waals surface area contributed by atoms with Gasteiger partial charge in [-0.2, -0.15) is 0 Å². The minimum absolute atomic E-state index is 0.123. The van der Waals surface area contributed by atoms with Crippen molar-refractivity contribution >= 4 is 0 Å². The van der Waals surface area contributed by atoms with Gasteiger partial charge in [-0.3, -0.25) is 0 Å². The molecule has 0 saturated heterocycles. The number of aliphatic hydroxyl groups is 2. The van der Waals surface area contributed by atoms with Crippen LogP contribution in [0, 0.1) is 5.82 Å². The van der Waals surface area contributed by atoms with Gasteiger partial charge in [-0.25, -0.2) is 4.39 Å². The summed E-state index contributed by atoms with van der Waals surface area (Å²) in [6.07, 6.45) is 0.641. The minimum Gasteiger partial charge on any atom is -0.389 e. The Bertz CT molecular complexity index is 410. The van der Waals surface area contributed by atoms with Gasteiger partial charge in [-0.15, -0.1) is 0 Å². The number of nitrogens with one attached hydrogen (secondary N) is 1. The van der Waals surface area contributed by atoms with Gasteiger partial charge >= 0.3 is 0 Å².